The number of hydrogen-bond donors (Lipinski definition) is 1. The first kappa shape index (κ1) is 77.2. The minimum absolute atomic E-state index is 0.0284. The summed E-state index contributed by atoms with van der Waals surface area (Å²) in [5.41, 5.74) is 22.6. The molecule has 0 saturated carbocycles. The summed E-state index contributed by atoms with van der Waals surface area (Å²) in [4.78, 5) is 66.2. The summed E-state index contributed by atoms with van der Waals surface area (Å²) >= 11 is 0. The predicted molar refractivity (Wildman–Crippen MR) is 397 cm³/mol. The maximum atomic E-state index is 12.3. The number of esters is 2. The molecule has 2 atom stereocenters. The molecule has 4 aliphatic rings. The van der Waals surface area contributed by atoms with Crippen LogP contribution >= 0.6 is 0 Å². The monoisotopic (exact) mass is 1440 g/mol. The van der Waals surface area contributed by atoms with E-state index >= 15 is 0 Å². The van der Waals surface area contributed by atoms with Crippen LogP contribution in [-0.2, 0) is 32.3 Å². The van der Waals surface area contributed by atoms with Crippen LogP contribution in [0.15, 0.2) is 132 Å². The Morgan fingerprint density at radius 3 is 1.45 bits per heavy atom. The SMILES string of the molecule is Cc1n[n+](Cc2ccc(OC(=O)CCCCCN=[N+]=[N-])cc2)c2ccc(N3CCC(c4ccc(OCCN5CCN(C)C(=O)[C@H]5C)cc4)CC3)nn12.Cc1nnc2ccc(N3CCC(c4ccc(OCCN5CCN(C)C(=O)[C@H]5C)cc4)CC3)nn12.[N-]=[N+]=NCCCCCC(=O)Oc1ccc(CO)cc1. The summed E-state index contributed by atoms with van der Waals surface area (Å²) in [6, 6.07) is 39.3. The van der Waals surface area contributed by atoms with Gasteiger partial charge in [-0.25, -0.2) is 0 Å². The molecule has 4 saturated heterocycles. The van der Waals surface area contributed by atoms with Gasteiger partial charge in [0.2, 0.25) is 11.8 Å². The number of rotatable bonds is 29. The first-order valence-electron chi connectivity index (χ1n) is 36.7. The highest BCUT2D eigenvalue weighted by molar-refractivity contribution is 5.82. The van der Waals surface area contributed by atoms with E-state index < -0.39 is 0 Å². The number of unbranched alkanes of at least 4 members (excludes halogenated alkanes) is 4. The van der Waals surface area contributed by atoms with Crippen LogP contribution in [0.25, 0.3) is 32.2 Å². The predicted octanol–water partition coefficient (Wildman–Crippen LogP) is 10.4. The molecule has 8 heterocycles. The minimum Gasteiger partial charge on any atom is -0.492 e. The Morgan fingerprint density at radius 2 is 0.981 bits per heavy atom. The molecule has 4 aliphatic heterocycles. The zero-order valence-corrected chi connectivity index (χ0v) is 61.3. The minimum atomic E-state index is -0.277. The highest BCUT2D eigenvalue weighted by atomic mass is 16.5. The molecule has 0 bridgehead atoms. The van der Waals surface area contributed by atoms with Gasteiger partial charge in [-0.05, 0) is 189 Å². The number of aliphatic hydroxyl groups excluding tert-OH is 1. The van der Waals surface area contributed by atoms with E-state index in [0.29, 0.717) is 81.9 Å². The topological polar surface area (TPSA) is 320 Å². The lowest BCUT2D eigenvalue weighted by molar-refractivity contribution is -0.720. The van der Waals surface area contributed by atoms with E-state index in [1.807, 2.05) is 91.9 Å². The van der Waals surface area contributed by atoms with Gasteiger partial charge in [-0.3, -0.25) is 29.0 Å². The number of ether oxygens (including phenoxy) is 4. The molecular weight excluding hydrogens is 1340 g/mol. The number of aryl methyl sites for hydroxylation is 2. The van der Waals surface area contributed by atoms with Crippen LogP contribution in [0.1, 0.15) is 137 Å². The van der Waals surface area contributed by atoms with Gasteiger partial charge in [-0.2, -0.15) is 4.52 Å². The number of piperazine rings is 2. The summed E-state index contributed by atoms with van der Waals surface area (Å²) < 4.78 is 28.3. The highest BCUT2D eigenvalue weighted by Gasteiger charge is 2.31. The molecule has 0 aliphatic carbocycles. The van der Waals surface area contributed by atoms with E-state index in [9.17, 15) is 19.2 Å². The highest BCUT2D eigenvalue weighted by Crippen LogP contribution is 2.33. The van der Waals surface area contributed by atoms with Gasteiger partial charge in [0.25, 0.3) is 5.82 Å². The normalized spacial score (nSPS) is 16.8. The molecule has 4 aromatic heterocycles. The first-order valence-corrected chi connectivity index (χ1v) is 36.7. The number of carbonyl (C=O) groups is 4. The summed E-state index contributed by atoms with van der Waals surface area (Å²) in [5.74, 6) is 7.13. The van der Waals surface area contributed by atoms with Gasteiger partial charge in [0.05, 0.1) is 18.7 Å². The van der Waals surface area contributed by atoms with Gasteiger partial charge in [-0.1, -0.05) is 81.2 Å². The molecule has 0 radical (unpaired) electrons. The fourth-order valence-corrected chi connectivity index (χ4v) is 13.5. The molecule has 2 amide bonds. The zero-order valence-electron chi connectivity index (χ0n) is 61.3. The third-order valence-corrected chi connectivity index (χ3v) is 19.9. The number of nitrogens with zero attached hydrogens (tertiary/aromatic N) is 20. The van der Waals surface area contributed by atoms with Crippen molar-refractivity contribution in [3.8, 4) is 23.0 Å². The van der Waals surface area contributed by atoms with Crippen LogP contribution in [0.2, 0.25) is 0 Å². The average molecular weight is 1440 g/mol. The molecule has 556 valence electrons. The molecule has 29 heteroatoms. The molecule has 1 N–H and O–H groups in total. The number of anilines is 2. The summed E-state index contributed by atoms with van der Waals surface area (Å²) in [6.07, 6.45) is 9.55. The van der Waals surface area contributed by atoms with Crippen molar-refractivity contribution in [1.29, 1.82) is 0 Å². The second-order valence-electron chi connectivity index (χ2n) is 27.1. The summed E-state index contributed by atoms with van der Waals surface area (Å²) in [7, 11) is 3.73. The Hall–Kier alpha value is -10.4. The number of fused-ring (bicyclic) bond motifs is 2. The fraction of sp³-hybridized carbons (Fsp3) is 0.500. The van der Waals surface area contributed by atoms with Crippen molar-refractivity contribution in [2.24, 2.45) is 10.2 Å². The van der Waals surface area contributed by atoms with Crippen molar-refractivity contribution in [2.45, 2.75) is 142 Å². The van der Waals surface area contributed by atoms with E-state index in [0.717, 1.165) is 174 Å². The van der Waals surface area contributed by atoms with Gasteiger partial charge < -0.3 is 43.7 Å². The van der Waals surface area contributed by atoms with Gasteiger partial charge in [0.15, 0.2) is 17.3 Å². The van der Waals surface area contributed by atoms with E-state index in [1.165, 1.54) is 11.1 Å². The van der Waals surface area contributed by atoms with E-state index in [1.54, 1.807) is 34.1 Å². The van der Waals surface area contributed by atoms with Crippen molar-refractivity contribution >= 4 is 46.7 Å². The van der Waals surface area contributed by atoms with E-state index in [4.69, 9.17) is 50.4 Å². The van der Waals surface area contributed by atoms with Gasteiger partial charge in [-0.15, -0.1) is 20.0 Å². The Morgan fingerprint density at radius 1 is 0.533 bits per heavy atom. The number of piperidine rings is 2. The number of amides is 2. The van der Waals surface area contributed by atoms with Crippen molar-refractivity contribution < 1.29 is 47.9 Å². The number of aliphatic hydroxyl groups is 1. The van der Waals surface area contributed by atoms with Crippen LogP contribution < -0.4 is 33.4 Å². The third-order valence-electron chi connectivity index (χ3n) is 19.9. The third kappa shape index (κ3) is 22.1. The molecule has 105 heavy (non-hydrogen) atoms. The largest absolute Gasteiger partial charge is 0.492 e. The van der Waals surface area contributed by atoms with Crippen molar-refractivity contribution in [2.75, 3.05) is 116 Å². The van der Waals surface area contributed by atoms with E-state index in [2.05, 4.69) is 111 Å². The first-order chi connectivity index (χ1) is 51.0. The second-order valence-corrected chi connectivity index (χ2v) is 27.1. The van der Waals surface area contributed by atoms with Crippen LogP contribution in [0.3, 0.4) is 0 Å². The molecule has 12 rings (SSSR count). The smallest absolute Gasteiger partial charge is 0.329 e. The molecule has 0 unspecified atom stereocenters. The van der Waals surface area contributed by atoms with Crippen LogP contribution in [0.5, 0.6) is 23.0 Å². The maximum absolute atomic E-state index is 12.3. The number of azide groups is 2. The zero-order chi connectivity index (χ0) is 74.0. The number of likely N-dealkylation sites (N-methyl/N-ethyl adjacent to an activating group) is 2. The lowest BCUT2D eigenvalue weighted by Gasteiger charge is -2.37. The van der Waals surface area contributed by atoms with E-state index in [-0.39, 0.29) is 42.4 Å². The Kier molecular flexibility index (Phi) is 28.6. The lowest BCUT2D eigenvalue weighted by atomic mass is 9.89. The van der Waals surface area contributed by atoms with Crippen molar-refractivity contribution in [1.82, 2.24) is 54.1 Å². The fourth-order valence-electron chi connectivity index (χ4n) is 13.5. The van der Waals surface area contributed by atoms with Gasteiger partial charge >= 0.3 is 17.6 Å². The van der Waals surface area contributed by atoms with Gasteiger partial charge in [0, 0.05) is 128 Å². The standard InChI is InChI=1S/C38H49N10O4.C25H33N7O2.C13H17N3O3/c1-28-38(50)44(3)23-24-45(28)25-26-51-33-14-10-31(11-15-33)32-18-21-46(22-19-32)35-16-17-36-47(41-29(2)48(36)42-35)27-30-8-12-34(13-9-30)52-37(49)7-5-4-6-20-40-43-39;1-18-25(33)29(3)14-15-30(18)16-17-34-22-6-4-20(5-7-22)21-10-12-31(13-11-21)24-9-8-23-27-26-19(2)32(23)28-24;14-16-15-9-3-1-2-4-13(18)19-12-7-5-11(10-17)6-8-12/h8-17,28,32H,4-7,18-27H2,1-3H3;4-9,18,21H,10-17H2,1-3H3;5-8,17H,1-4,9-10H2/q+1;;/t28-;18-;/m11./s1. The van der Waals surface area contributed by atoms with Crippen molar-refractivity contribution in [3.63, 3.8) is 0 Å². The molecule has 0 spiro atoms. The Bertz CT molecular complexity index is 4220. The molecular formula is C76H99N20O9+. The van der Waals surface area contributed by atoms with Crippen LogP contribution in [0, 0.1) is 13.8 Å². The molecule has 8 aromatic rings. The average Bonchev–Trinajstić information content (AvgIpc) is 1.66. The van der Waals surface area contributed by atoms with Gasteiger partial charge in [0.1, 0.15) is 48.6 Å². The summed E-state index contributed by atoms with van der Waals surface area (Å²) in [6.45, 7) is 19.0. The second kappa shape index (κ2) is 38.9. The lowest BCUT2D eigenvalue weighted by Crippen LogP contribution is -2.55. The number of carbonyl (C=O) groups excluding carboxylic acids is 4. The summed E-state index contributed by atoms with van der Waals surface area (Å²) in [5, 5.41) is 38.5. The number of benzene rings is 4. The number of hydrogen-bond acceptors (Lipinski definition) is 20. The molecule has 29 nitrogen and oxygen atoms in total. The molecule has 4 fully saturated rings. The maximum Gasteiger partial charge on any atom is 0.329 e. The Labute approximate surface area is 612 Å². The number of aromatic nitrogens is 8. The van der Waals surface area contributed by atoms with Crippen molar-refractivity contribution in [3.05, 3.63) is 176 Å². The Balaban J connectivity index is 0.000000190. The van der Waals surface area contributed by atoms with Crippen LogP contribution in [-0.4, -0.2) is 201 Å². The quantitative estimate of drug-likeness (QED) is 0.00866. The van der Waals surface area contributed by atoms with Crippen LogP contribution in [0.4, 0.5) is 11.6 Å². The molecule has 4 aromatic carbocycles.